The van der Waals surface area contributed by atoms with Crippen molar-refractivity contribution >= 4 is 63.8 Å². The van der Waals surface area contributed by atoms with Crippen LogP contribution < -0.4 is 0 Å². The summed E-state index contributed by atoms with van der Waals surface area (Å²) in [5, 5.41) is 10.6. The summed E-state index contributed by atoms with van der Waals surface area (Å²) in [6, 6.07) is 63.2. The molecule has 10 aromatic rings. The first-order chi connectivity index (χ1) is 25.6. The fourth-order valence-corrected chi connectivity index (χ4v) is 10.6. The van der Waals surface area contributed by atoms with Crippen LogP contribution in [-0.4, -0.2) is 0 Å². The molecule has 0 unspecified atom stereocenters. The molecule has 244 valence electrons. The lowest BCUT2D eigenvalue weighted by atomic mass is 9.79. The summed E-state index contributed by atoms with van der Waals surface area (Å²) in [4.78, 5) is 0. The van der Waals surface area contributed by atoms with E-state index in [9.17, 15) is 0 Å². The Morgan fingerprint density at radius 3 is 1.56 bits per heavy atom. The highest BCUT2D eigenvalue weighted by Crippen LogP contribution is 2.57. The molecule has 1 aliphatic carbocycles. The van der Waals surface area contributed by atoms with Crippen LogP contribution in [-0.2, 0) is 5.41 Å². The van der Waals surface area contributed by atoms with Gasteiger partial charge in [-0.25, -0.2) is 0 Å². The number of fused-ring (bicyclic) bond motifs is 12. The number of rotatable bonds is 3. The number of thiophene rings is 1. The Kier molecular flexibility index (Phi) is 6.27. The van der Waals surface area contributed by atoms with Crippen LogP contribution in [0, 0.1) is 0 Å². The van der Waals surface area contributed by atoms with Gasteiger partial charge in [-0.1, -0.05) is 166 Å². The maximum atomic E-state index is 2.48. The number of benzene rings is 9. The summed E-state index contributed by atoms with van der Waals surface area (Å²) < 4.78 is 2.76. The molecule has 0 N–H and O–H groups in total. The van der Waals surface area contributed by atoms with Crippen molar-refractivity contribution in [3.63, 3.8) is 0 Å². The van der Waals surface area contributed by atoms with Crippen LogP contribution in [0.25, 0.3) is 97.0 Å². The van der Waals surface area contributed by atoms with E-state index in [4.69, 9.17) is 0 Å². The van der Waals surface area contributed by atoms with E-state index in [2.05, 4.69) is 184 Å². The van der Waals surface area contributed by atoms with Crippen LogP contribution in [0.5, 0.6) is 0 Å². The van der Waals surface area contributed by atoms with Gasteiger partial charge in [0.2, 0.25) is 0 Å². The molecule has 1 aliphatic rings. The summed E-state index contributed by atoms with van der Waals surface area (Å²) in [5.41, 5.74) is 13.1. The van der Waals surface area contributed by atoms with Crippen LogP contribution in [0.15, 0.2) is 170 Å². The van der Waals surface area contributed by atoms with Crippen LogP contribution in [0.3, 0.4) is 0 Å². The molecule has 0 spiro atoms. The van der Waals surface area contributed by atoms with Gasteiger partial charge in [-0.2, -0.15) is 0 Å². The molecule has 1 aromatic heterocycles. The minimum Gasteiger partial charge on any atom is -0.135 e. The van der Waals surface area contributed by atoms with Crippen LogP contribution in [0.2, 0.25) is 0 Å². The number of hydrogen-bond donors (Lipinski definition) is 0. The molecule has 52 heavy (non-hydrogen) atoms. The molecular formula is C51H34S. The molecule has 0 fully saturated rings. The van der Waals surface area contributed by atoms with E-state index in [1.807, 2.05) is 11.3 Å². The highest BCUT2D eigenvalue weighted by Gasteiger charge is 2.39. The van der Waals surface area contributed by atoms with E-state index in [0.29, 0.717) is 0 Å². The third kappa shape index (κ3) is 4.09. The van der Waals surface area contributed by atoms with Gasteiger partial charge < -0.3 is 0 Å². The predicted molar refractivity (Wildman–Crippen MR) is 226 cm³/mol. The van der Waals surface area contributed by atoms with Gasteiger partial charge in [0.05, 0.1) is 0 Å². The summed E-state index contributed by atoms with van der Waals surface area (Å²) in [6.07, 6.45) is 0. The van der Waals surface area contributed by atoms with Crippen molar-refractivity contribution in [3.05, 3.63) is 181 Å². The summed E-state index contributed by atoms with van der Waals surface area (Å²) in [5.74, 6) is 0. The van der Waals surface area contributed by atoms with Gasteiger partial charge in [0.1, 0.15) is 0 Å². The van der Waals surface area contributed by atoms with Gasteiger partial charge in [0.25, 0.3) is 0 Å². The molecule has 11 rings (SSSR count). The van der Waals surface area contributed by atoms with Gasteiger partial charge in [-0.15, -0.1) is 11.3 Å². The van der Waals surface area contributed by atoms with Crippen molar-refractivity contribution in [1.29, 1.82) is 0 Å². The average molecular weight is 679 g/mol. The Bertz CT molecular complexity index is 3030. The minimum absolute atomic E-state index is 0.129. The largest absolute Gasteiger partial charge is 0.135 e. The topological polar surface area (TPSA) is 0 Å². The molecule has 0 saturated carbocycles. The van der Waals surface area contributed by atoms with Gasteiger partial charge in [0.15, 0.2) is 0 Å². The maximum absolute atomic E-state index is 2.48. The zero-order valence-electron chi connectivity index (χ0n) is 29.1. The summed E-state index contributed by atoms with van der Waals surface area (Å²) >= 11 is 1.94. The van der Waals surface area contributed by atoms with E-state index in [1.54, 1.807) is 0 Å². The Hall–Kier alpha value is -6.02. The fourth-order valence-electron chi connectivity index (χ4n) is 9.37. The summed E-state index contributed by atoms with van der Waals surface area (Å²) in [6.45, 7) is 4.85. The lowest BCUT2D eigenvalue weighted by molar-refractivity contribution is 0.667. The van der Waals surface area contributed by atoms with Crippen LogP contribution in [0.4, 0.5) is 0 Å². The molecule has 1 heterocycles. The zero-order chi connectivity index (χ0) is 34.6. The highest BCUT2D eigenvalue weighted by atomic mass is 32.1. The highest BCUT2D eigenvalue weighted by molar-refractivity contribution is 7.26. The van der Waals surface area contributed by atoms with Crippen molar-refractivity contribution in [2.45, 2.75) is 19.3 Å². The molecule has 0 radical (unpaired) electrons. The fraction of sp³-hybridized carbons (Fsp3) is 0.0588. The van der Waals surface area contributed by atoms with Crippen molar-refractivity contribution < 1.29 is 0 Å². The van der Waals surface area contributed by atoms with E-state index in [-0.39, 0.29) is 5.41 Å². The van der Waals surface area contributed by atoms with Crippen LogP contribution >= 0.6 is 11.3 Å². The quantitative estimate of drug-likeness (QED) is 0.163. The second kappa shape index (κ2) is 11.0. The van der Waals surface area contributed by atoms with Crippen molar-refractivity contribution in [2.75, 3.05) is 0 Å². The van der Waals surface area contributed by atoms with E-state index >= 15 is 0 Å². The zero-order valence-corrected chi connectivity index (χ0v) is 29.9. The Morgan fingerprint density at radius 2 is 0.885 bits per heavy atom. The Labute approximate surface area is 307 Å². The first-order valence-corrected chi connectivity index (χ1v) is 19.0. The van der Waals surface area contributed by atoms with Crippen molar-refractivity contribution in [3.8, 4) is 44.5 Å². The molecule has 1 heteroatoms. The molecule has 9 aromatic carbocycles. The molecular weight excluding hydrogens is 645 g/mol. The Balaban J connectivity index is 1.15. The van der Waals surface area contributed by atoms with Gasteiger partial charge >= 0.3 is 0 Å². The monoisotopic (exact) mass is 678 g/mol. The lowest BCUT2D eigenvalue weighted by Crippen LogP contribution is -2.15. The third-order valence-corrected chi connectivity index (χ3v) is 12.8. The Morgan fingerprint density at radius 1 is 0.385 bits per heavy atom. The van der Waals surface area contributed by atoms with E-state index < -0.39 is 0 Å². The van der Waals surface area contributed by atoms with Crippen molar-refractivity contribution in [2.24, 2.45) is 0 Å². The average Bonchev–Trinajstić information content (AvgIpc) is 3.69. The number of hydrogen-bond acceptors (Lipinski definition) is 1. The van der Waals surface area contributed by atoms with E-state index in [1.165, 1.54) is 108 Å². The van der Waals surface area contributed by atoms with Gasteiger partial charge in [0, 0.05) is 31.0 Å². The maximum Gasteiger partial charge on any atom is 0.0437 e. The van der Waals surface area contributed by atoms with Gasteiger partial charge in [-0.3, -0.25) is 0 Å². The normalized spacial score (nSPS) is 13.3. The smallest absolute Gasteiger partial charge is 0.0437 e. The predicted octanol–water partition coefficient (Wildman–Crippen LogP) is 14.8. The lowest BCUT2D eigenvalue weighted by Gasteiger charge is -2.23. The first-order valence-electron chi connectivity index (χ1n) is 18.2. The summed E-state index contributed by atoms with van der Waals surface area (Å²) in [7, 11) is 0. The third-order valence-electron chi connectivity index (χ3n) is 11.6. The second-order valence-corrected chi connectivity index (χ2v) is 15.8. The first kappa shape index (κ1) is 29.7. The molecule has 0 atom stereocenters. The second-order valence-electron chi connectivity index (χ2n) is 14.8. The molecule has 0 saturated heterocycles. The standard InChI is InChI=1S/C51H34S/c1-51(2)43-28-27-33(30-42(43)47-39-23-10-11-24-40(39)50-48(49(47)51)41-25-12-13-26-44(41)52-50)32-17-14-18-34(29-32)46-37-21-8-6-19-35(37)45(31-15-4-3-5-16-31)36-20-7-9-22-38(36)46/h3-30H,1-2H3. The molecule has 0 aliphatic heterocycles. The van der Waals surface area contributed by atoms with E-state index in [0.717, 1.165) is 0 Å². The molecule has 0 nitrogen and oxygen atoms in total. The SMILES string of the molecule is CC1(C)c2ccc(-c3cccc(-c4c5ccccc5c(-c5ccccc5)c5ccccc45)c3)cc2-c2c1c1c3ccccc3sc1c1ccccc21. The molecule has 0 bridgehead atoms. The van der Waals surface area contributed by atoms with Crippen LogP contribution in [0.1, 0.15) is 25.0 Å². The van der Waals surface area contributed by atoms with Crippen molar-refractivity contribution in [1.82, 2.24) is 0 Å². The van der Waals surface area contributed by atoms with Gasteiger partial charge in [-0.05, 0) is 101 Å². The molecule has 0 amide bonds. The minimum atomic E-state index is -0.129.